The standard InChI is InChI=1S/C11H17NO2S/c1-8-5-6-15-10(8)7-12(3)11(13)9(2)14-4/h5-6,9H,7H2,1-4H3. The molecular formula is C11H17NO2S. The van der Waals surface area contributed by atoms with Gasteiger partial charge in [-0.05, 0) is 30.9 Å². The lowest BCUT2D eigenvalue weighted by molar-refractivity contribution is -0.140. The minimum absolute atomic E-state index is 0.0188. The molecule has 84 valence electrons. The normalized spacial score (nSPS) is 12.5. The summed E-state index contributed by atoms with van der Waals surface area (Å²) in [5.74, 6) is 0.0188. The number of amides is 1. The first kappa shape index (κ1) is 12.2. The molecule has 0 radical (unpaired) electrons. The van der Waals surface area contributed by atoms with Gasteiger partial charge in [0.1, 0.15) is 6.10 Å². The Kier molecular flexibility index (Phi) is 4.29. The number of methoxy groups -OCH3 is 1. The first-order chi connectivity index (χ1) is 7.06. The molecule has 0 aromatic carbocycles. The van der Waals surface area contributed by atoms with E-state index >= 15 is 0 Å². The van der Waals surface area contributed by atoms with Crippen LogP contribution in [-0.4, -0.2) is 31.1 Å². The van der Waals surface area contributed by atoms with E-state index in [4.69, 9.17) is 4.74 Å². The van der Waals surface area contributed by atoms with Crippen LogP contribution in [0.15, 0.2) is 11.4 Å². The SMILES string of the molecule is COC(C)C(=O)N(C)Cc1sccc1C. The second kappa shape index (κ2) is 5.28. The van der Waals surface area contributed by atoms with Crippen molar-refractivity contribution in [1.82, 2.24) is 4.90 Å². The van der Waals surface area contributed by atoms with Crippen molar-refractivity contribution in [3.8, 4) is 0 Å². The second-order valence-corrected chi connectivity index (χ2v) is 4.60. The Bertz CT molecular complexity index is 335. The molecule has 1 rings (SSSR count). The van der Waals surface area contributed by atoms with Gasteiger partial charge in [-0.25, -0.2) is 0 Å². The van der Waals surface area contributed by atoms with E-state index in [1.165, 1.54) is 10.4 Å². The third kappa shape index (κ3) is 3.04. The highest BCUT2D eigenvalue weighted by molar-refractivity contribution is 7.10. The van der Waals surface area contributed by atoms with Crippen molar-refractivity contribution >= 4 is 17.2 Å². The summed E-state index contributed by atoms with van der Waals surface area (Å²) in [5, 5.41) is 2.04. The quantitative estimate of drug-likeness (QED) is 0.788. The molecule has 0 bridgehead atoms. The number of ether oxygens (including phenoxy) is 1. The minimum atomic E-state index is -0.365. The Balaban J connectivity index is 2.60. The largest absolute Gasteiger partial charge is 0.372 e. The zero-order valence-electron chi connectivity index (χ0n) is 9.61. The molecule has 1 aromatic heterocycles. The molecule has 4 heteroatoms. The predicted molar refractivity (Wildman–Crippen MR) is 62.0 cm³/mol. The molecule has 0 aliphatic carbocycles. The van der Waals surface area contributed by atoms with Gasteiger partial charge in [0, 0.05) is 19.0 Å². The lowest BCUT2D eigenvalue weighted by Gasteiger charge is -2.20. The van der Waals surface area contributed by atoms with Crippen LogP contribution in [0.2, 0.25) is 0 Å². The van der Waals surface area contributed by atoms with Crippen LogP contribution in [0.5, 0.6) is 0 Å². The monoisotopic (exact) mass is 227 g/mol. The molecule has 0 saturated carbocycles. The summed E-state index contributed by atoms with van der Waals surface area (Å²) in [7, 11) is 3.35. The summed E-state index contributed by atoms with van der Waals surface area (Å²) in [4.78, 5) is 14.6. The van der Waals surface area contributed by atoms with Gasteiger partial charge < -0.3 is 9.64 Å². The van der Waals surface area contributed by atoms with E-state index < -0.39 is 0 Å². The molecule has 1 unspecified atom stereocenters. The number of hydrogen-bond acceptors (Lipinski definition) is 3. The maximum atomic E-state index is 11.7. The van der Waals surface area contributed by atoms with Gasteiger partial charge in [-0.2, -0.15) is 0 Å². The van der Waals surface area contributed by atoms with E-state index in [0.29, 0.717) is 6.54 Å². The zero-order chi connectivity index (χ0) is 11.4. The Morgan fingerprint density at radius 1 is 1.67 bits per heavy atom. The zero-order valence-corrected chi connectivity index (χ0v) is 10.4. The van der Waals surface area contributed by atoms with E-state index in [2.05, 4.69) is 13.0 Å². The van der Waals surface area contributed by atoms with E-state index in [9.17, 15) is 4.79 Å². The molecule has 1 aromatic rings. The van der Waals surface area contributed by atoms with Crippen LogP contribution in [0, 0.1) is 6.92 Å². The van der Waals surface area contributed by atoms with Gasteiger partial charge >= 0.3 is 0 Å². The molecule has 1 heterocycles. The van der Waals surface area contributed by atoms with E-state index in [1.807, 2.05) is 5.38 Å². The van der Waals surface area contributed by atoms with Gasteiger partial charge in [0.2, 0.25) is 0 Å². The van der Waals surface area contributed by atoms with E-state index in [0.717, 1.165) is 0 Å². The van der Waals surface area contributed by atoms with Gasteiger partial charge in [-0.15, -0.1) is 11.3 Å². The molecule has 0 fully saturated rings. The van der Waals surface area contributed by atoms with Crippen LogP contribution >= 0.6 is 11.3 Å². The Labute approximate surface area is 94.7 Å². The highest BCUT2D eigenvalue weighted by Crippen LogP contribution is 2.17. The van der Waals surface area contributed by atoms with Gasteiger partial charge in [0.15, 0.2) is 0 Å². The van der Waals surface area contributed by atoms with Crippen molar-refractivity contribution in [1.29, 1.82) is 0 Å². The van der Waals surface area contributed by atoms with Crippen LogP contribution in [-0.2, 0) is 16.1 Å². The molecule has 15 heavy (non-hydrogen) atoms. The Morgan fingerprint density at radius 3 is 2.80 bits per heavy atom. The van der Waals surface area contributed by atoms with Crippen molar-refractivity contribution in [3.05, 3.63) is 21.9 Å². The fraction of sp³-hybridized carbons (Fsp3) is 0.545. The van der Waals surface area contributed by atoms with Crippen molar-refractivity contribution in [2.75, 3.05) is 14.2 Å². The smallest absolute Gasteiger partial charge is 0.251 e. The molecule has 0 N–H and O–H groups in total. The molecule has 0 saturated heterocycles. The van der Waals surface area contributed by atoms with Gasteiger partial charge in [-0.1, -0.05) is 0 Å². The van der Waals surface area contributed by atoms with Crippen molar-refractivity contribution in [3.63, 3.8) is 0 Å². The summed E-state index contributed by atoms with van der Waals surface area (Å²) in [6, 6.07) is 2.07. The lowest BCUT2D eigenvalue weighted by atomic mass is 10.2. The maximum absolute atomic E-state index is 11.7. The maximum Gasteiger partial charge on any atom is 0.251 e. The number of rotatable bonds is 4. The van der Waals surface area contributed by atoms with E-state index in [1.54, 1.807) is 37.3 Å². The topological polar surface area (TPSA) is 29.5 Å². The highest BCUT2D eigenvalue weighted by atomic mass is 32.1. The summed E-state index contributed by atoms with van der Waals surface area (Å²) < 4.78 is 4.99. The molecule has 3 nitrogen and oxygen atoms in total. The van der Waals surface area contributed by atoms with Crippen LogP contribution in [0.25, 0.3) is 0 Å². The number of hydrogen-bond donors (Lipinski definition) is 0. The van der Waals surface area contributed by atoms with Crippen molar-refractivity contribution in [2.45, 2.75) is 26.5 Å². The number of carbonyl (C=O) groups is 1. The van der Waals surface area contributed by atoms with Gasteiger partial charge in [0.05, 0.1) is 6.54 Å². The minimum Gasteiger partial charge on any atom is -0.372 e. The van der Waals surface area contributed by atoms with Crippen LogP contribution in [0.1, 0.15) is 17.4 Å². The lowest BCUT2D eigenvalue weighted by Crippen LogP contribution is -2.35. The second-order valence-electron chi connectivity index (χ2n) is 3.60. The molecule has 1 atom stereocenters. The summed E-state index contributed by atoms with van der Waals surface area (Å²) in [6.07, 6.45) is -0.365. The molecule has 0 aliphatic rings. The van der Waals surface area contributed by atoms with Crippen LogP contribution in [0.3, 0.4) is 0 Å². The van der Waals surface area contributed by atoms with Crippen LogP contribution < -0.4 is 0 Å². The number of carbonyl (C=O) groups excluding carboxylic acids is 1. The Morgan fingerprint density at radius 2 is 2.33 bits per heavy atom. The average Bonchev–Trinajstić information content (AvgIpc) is 2.62. The van der Waals surface area contributed by atoms with Crippen LogP contribution in [0.4, 0.5) is 0 Å². The van der Waals surface area contributed by atoms with Crippen molar-refractivity contribution in [2.24, 2.45) is 0 Å². The molecular weight excluding hydrogens is 210 g/mol. The third-order valence-corrected chi connectivity index (χ3v) is 3.43. The summed E-state index contributed by atoms with van der Waals surface area (Å²) in [5.41, 5.74) is 1.24. The average molecular weight is 227 g/mol. The summed E-state index contributed by atoms with van der Waals surface area (Å²) >= 11 is 1.68. The number of likely N-dealkylation sites (N-methyl/N-ethyl adjacent to an activating group) is 1. The highest BCUT2D eigenvalue weighted by Gasteiger charge is 2.17. The fourth-order valence-electron chi connectivity index (χ4n) is 1.27. The first-order valence-electron chi connectivity index (χ1n) is 4.87. The van der Waals surface area contributed by atoms with Crippen molar-refractivity contribution < 1.29 is 9.53 Å². The van der Waals surface area contributed by atoms with Gasteiger partial charge in [-0.3, -0.25) is 4.79 Å². The number of nitrogens with zero attached hydrogens (tertiary/aromatic N) is 1. The van der Waals surface area contributed by atoms with Gasteiger partial charge in [0.25, 0.3) is 5.91 Å². The Hall–Kier alpha value is -0.870. The fourth-order valence-corrected chi connectivity index (χ4v) is 2.23. The molecule has 1 amide bonds. The third-order valence-electron chi connectivity index (χ3n) is 2.43. The number of thiophene rings is 1. The van der Waals surface area contributed by atoms with E-state index in [-0.39, 0.29) is 12.0 Å². The summed E-state index contributed by atoms with van der Waals surface area (Å²) in [6.45, 7) is 4.49. The molecule has 0 aliphatic heterocycles. The first-order valence-corrected chi connectivity index (χ1v) is 5.75. The molecule has 0 spiro atoms. The predicted octanol–water partition coefficient (Wildman–Crippen LogP) is 2.05. The number of aryl methyl sites for hydroxylation is 1.